The first-order valence-electron chi connectivity index (χ1n) is 5.74. The van der Waals surface area contributed by atoms with Crippen molar-refractivity contribution in [2.45, 2.75) is 12.5 Å². The number of nitrogens with two attached hydrogens (primary N) is 1. The minimum absolute atomic E-state index is 0.366. The molecule has 0 aromatic carbocycles. The van der Waals surface area contributed by atoms with E-state index in [4.69, 9.17) is 17.3 Å². The molecule has 1 atom stereocenters. The van der Waals surface area contributed by atoms with Crippen molar-refractivity contribution in [3.63, 3.8) is 0 Å². The highest BCUT2D eigenvalue weighted by atomic mass is 35.5. The van der Waals surface area contributed by atoms with Gasteiger partial charge in [-0.1, -0.05) is 11.6 Å². The van der Waals surface area contributed by atoms with E-state index in [2.05, 4.69) is 9.72 Å². The molecule has 0 spiro atoms. The molecule has 0 radical (unpaired) electrons. The number of hydrogen-bond donors (Lipinski definition) is 1. The largest absolute Gasteiger partial charge is 0.468 e. The van der Waals surface area contributed by atoms with Gasteiger partial charge in [0, 0.05) is 24.5 Å². The third-order valence-electron chi connectivity index (χ3n) is 2.77. The Labute approximate surface area is 116 Å². The Hall–Kier alpha value is -1.85. The van der Waals surface area contributed by atoms with Crippen molar-refractivity contribution in [1.29, 1.82) is 0 Å². The van der Waals surface area contributed by atoms with E-state index >= 15 is 0 Å². The molecule has 0 aliphatic heterocycles. The smallest absolute Gasteiger partial charge is 0.323 e. The predicted molar refractivity (Wildman–Crippen MR) is 72.3 cm³/mol. The Balaban J connectivity index is 2.28. The lowest BCUT2D eigenvalue weighted by Crippen LogP contribution is -2.34. The van der Waals surface area contributed by atoms with Crippen molar-refractivity contribution in [2.75, 3.05) is 7.11 Å². The molecule has 2 N–H and O–H groups in total. The van der Waals surface area contributed by atoms with Gasteiger partial charge in [0.15, 0.2) is 5.15 Å². The van der Waals surface area contributed by atoms with Crippen LogP contribution in [0.3, 0.4) is 0 Å². The fraction of sp³-hybridized carbons (Fsp3) is 0.231. The lowest BCUT2D eigenvalue weighted by molar-refractivity contribution is -0.142. The maximum absolute atomic E-state index is 11.4. The summed E-state index contributed by atoms with van der Waals surface area (Å²) >= 11 is 6.06. The van der Waals surface area contributed by atoms with Gasteiger partial charge in [0.05, 0.1) is 12.8 Å². The van der Waals surface area contributed by atoms with Gasteiger partial charge in [-0.3, -0.25) is 4.79 Å². The Morgan fingerprint density at radius 3 is 3.00 bits per heavy atom. The molecule has 0 saturated carbocycles. The summed E-state index contributed by atoms with van der Waals surface area (Å²) in [4.78, 5) is 15.4. The molecule has 0 amide bonds. The number of pyridine rings is 1. The van der Waals surface area contributed by atoms with Gasteiger partial charge in [-0.15, -0.1) is 0 Å². The van der Waals surface area contributed by atoms with Gasteiger partial charge in [-0.25, -0.2) is 4.98 Å². The van der Waals surface area contributed by atoms with Crippen LogP contribution in [0.1, 0.15) is 5.69 Å². The molecule has 0 bridgehead atoms. The fourth-order valence-electron chi connectivity index (χ4n) is 1.83. The van der Waals surface area contributed by atoms with Crippen LogP contribution in [0.25, 0.3) is 5.69 Å². The number of nitrogens with zero attached hydrogens (tertiary/aromatic N) is 2. The molecule has 6 heteroatoms. The number of esters is 1. The van der Waals surface area contributed by atoms with Gasteiger partial charge in [-0.2, -0.15) is 0 Å². The van der Waals surface area contributed by atoms with Crippen LogP contribution in [0.4, 0.5) is 0 Å². The average Bonchev–Trinajstić information content (AvgIpc) is 2.86. The van der Waals surface area contributed by atoms with Crippen LogP contribution in [-0.2, 0) is 16.0 Å². The molecular formula is C13H14ClN3O2. The Kier molecular flexibility index (Phi) is 4.19. The lowest BCUT2D eigenvalue weighted by atomic mass is 10.1. The van der Waals surface area contributed by atoms with Crippen molar-refractivity contribution >= 4 is 17.6 Å². The van der Waals surface area contributed by atoms with Gasteiger partial charge < -0.3 is 15.0 Å². The number of carbonyl (C=O) groups excluding carboxylic acids is 1. The molecular weight excluding hydrogens is 266 g/mol. The Morgan fingerprint density at radius 2 is 2.32 bits per heavy atom. The van der Waals surface area contributed by atoms with Crippen molar-refractivity contribution in [1.82, 2.24) is 9.55 Å². The topological polar surface area (TPSA) is 70.1 Å². The molecule has 2 heterocycles. The number of aromatic nitrogens is 2. The minimum Gasteiger partial charge on any atom is -0.468 e. The highest BCUT2D eigenvalue weighted by molar-refractivity contribution is 6.31. The van der Waals surface area contributed by atoms with Gasteiger partial charge in [0.25, 0.3) is 0 Å². The maximum Gasteiger partial charge on any atom is 0.323 e. The molecule has 2 rings (SSSR count). The summed E-state index contributed by atoms with van der Waals surface area (Å²) in [5, 5.41) is 0.395. The zero-order chi connectivity index (χ0) is 13.8. The number of ether oxygens (including phenoxy) is 1. The Bertz CT molecular complexity index is 583. The monoisotopic (exact) mass is 279 g/mol. The highest BCUT2D eigenvalue weighted by Crippen LogP contribution is 2.20. The summed E-state index contributed by atoms with van der Waals surface area (Å²) < 4.78 is 6.48. The molecule has 100 valence electrons. The van der Waals surface area contributed by atoms with Crippen molar-refractivity contribution in [3.05, 3.63) is 47.5 Å². The van der Waals surface area contributed by atoms with E-state index in [0.717, 1.165) is 11.4 Å². The van der Waals surface area contributed by atoms with E-state index in [-0.39, 0.29) is 0 Å². The zero-order valence-corrected chi connectivity index (χ0v) is 11.2. The zero-order valence-electron chi connectivity index (χ0n) is 10.4. The molecule has 0 aliphatic rings. The maximum atomic E-state index is 11.4. The van der Waals surface area contributed by atoms with E-state index in [0.29, 0.717) is 11.6 Å². The second-order valence-electron chi connectivity index (χ2n) is 4.02. The number of rotatable bonds is 4. The molecule has 2 aromatic rings. The van der Waals surface area contributed by atoms with Crippen LogP contribution in [0.15, 0.2) is 36.7 Å². The third-order valence-corrected chi connectivity index (χ3v) is 3.06. The molecule has 1 unspecified atom stereocenters. The van der Waals surface area contributed by atoms with Crippen LogP contribution in [0.5, 0.6) is 0 Å². The molecule has 19 heavy (non-hydrogen) atoms. The van der Waals surface area contributed by atoms with E-state index in [1.165, 1.54) is 7.11 Å². The second-order valence-corrected chi connectivity index (χ2v) is 4.37. The first kappa shape index (κ1) is 13.6. The normalized spacial score (nSPS) is 12.2. The number of methoxy groups -OCH3 is 1. The molecule has 0 saturated heterocycles. The van der Waals surface area contributed by atoms with E-state index in [9.17, 15) is 4.79 Å². The second kappa shape index (κ2) is 5.86. The van der Waals surface area contributed by atoms with Crippen molar-refractivity contribution in [3.8, 4) is 5.69 Å². The van der Waals surface area contributed by atoms with Crippen LogP contribution in [-0.4, -0.2) is 28.7 Å². The van der Waals surface area contributed by atoms with Crippen LogP contribution >= 0.6 is 11.6 Å². The highest BCUT2D eigenvalue weighted by Gasteiger charge is 2.17. The van der Waals surface area contributed by atoms with Gasteiger partial charge in [-0.05, 0) is 24.3 Å². The quantitative estimate of drug-likeness (QED) is 0.681. The summed E-state index contributed by atoms with van der Waals surface area (Å²) in [6, 6.07) is 6.69. The van der Waals surface area contributed by atoms with Crippen LogP contribution in [0, 0.1) is 0 Å². The first-order chi connectivity index (χ1) is 9.13. The van der Waals surface area contributed by atoms with E-state index in [1.54, 1.807) is 12.3 Å². The number of halogens is 1. The summed E-state index contributed by atoms with van der Waals surface area (Å²) in [5.74, 6) is -0.440. The van der Waals surface area contributed by atoms with Crippen molar-refractivity contribution in [2.24, 2.45) is 5.73 Å². The number of hydrogen-bond acceptors (Lipinski definition) is 4. The first-order valence-corrected chi connectivity index (χ1v) is 6.12. The molecule has 5 nitrogen and oxygen atoms in total. The van der Waals surface area contributed by atoms with Crippen LogP contribution < -0.4 is 5.73 Å². The predicted octanol–water partition coefficient (Wildman–Crippen LogP) is 1.57. The summed E-state index contributed by atoms with van der Waals surface area (Å²) in [7, 11) is 1.32. The van der Waals surface area contributed by atoms with E-state index < -0.39 is 12.0 Å². The van der Waals surface area contributed by atoms with Crippen molar-refractivity contribution < 1.29 is 9.53 Å². The summed E-state index contributed by atoms with van der Waals surface area (Å²) in [6.07, 6.45) is 3.84. The number of carbonyl (C=O) groups is 1. The van der Waals surface area contributed by atoms with Gasteiger partial charge >= 0.3 is 5.97 Å². The fourth-order valence-corrected chi connectivity index (χ4v) is 2.05. The molecule has 0 fully saturated rings. The van der Waals surface area contributed by atoms with Gasteiger partial charge in [0.2, 0.25) is 0 Å². The summed E-state index contributed by atoms with van der Waals surface area (Å²) in [5.41, 5.74) is 7.39. The third kappa shape index (κ3) is 2.94. The average molecular weight is 280 g/mol. The molecule has 0 aliphatic carbocycles. The minimum atomic E-state index is -0.700. The molecule has 2 aromatic heterocycles. The van der Waals surface area contributed by atoms with E-state index in [1.807, 2.05) is 29.0 Å². The SMILES string of the molecule is COC(=O)C(N)Cc1cccn1-c1cccnc1Cl. The van der Waals surface area contributed by atoms with Crippen LogP contribution in [0.2, 0.25) is 5.15 Å². The Morgan fingerprint density at radius 1 is 1.53 bits per heavy atom. The van der Waals surface area contributed by atoms with Gasteiger partial charge in [0.1, 0.15) is 6.04 Å². The summed E-state index contributed by atoms with van der Waals surface area (Å²) in [6.45, 7) is 0. The lowest BCUT2D eigenvalue weighted by Gasteiger charge is -2.13. The standard InChI is InChI=1S/C13H14ClN3O2/c1-19-13(18)10(15)8-9-4-3-7-17(9)11-5-2-6-16-12(11)14/h2-7,10H,8,15H2,1H3.